The molecule has 0 aliphatic rings. The van der Waals surface area contributed by atoms with Gasteiger partial charge in [-0.05, 0) is 30.0 Å². The van der Waals surface area contributed by atoms with Gasteiger partial charge in [0.25, 0.3) is 0 Å². The Hall–Kier alpha value is -2.12. The molecule has 0 spiro atoms. The number of hydrogen-bond acceptors (Lipinski definition) is 5. The number of carbonyl (C=O) groups excluding carboxylic acids is 2. The second-order valence-corrected chi connectivity index (χ2v) is 5.94. The number of benzene rings is 1. The zero-order valence-electron chi connectivity index (χ0n) is 14.8. The second kappa shape index (κ2) is 11.4. The van der Waals surface area contributed by atoms with E-state index in [0.29, 0.717) is 13.0 Å². The van der Waals surface area contributed by atoms with Crippen LogP contribution in [-0.4, -0.2) is 39.1 Å². The minimum atomic E-state index is -0.551. The molecule has 1 amide bonds. The van der Waals surface area contributed by atoms with Crippen LogP contribution in [0.15, 0.2) is 36.9 Å². The van der Waals surface area contributed by atoms with E-state index < -0.39 is 11.9 Å². The number of nitrogens with two attached hydrogens (primary N) is 1. The Labute approximate surface area is 150 Å². The summed E-state index contributed by atoms with van der Waals surface area (Å²) in [6.45, 7) is 7.76. The van der Waals surface area contributed by atoms with Crippen LogP contribution >= 0.6 is 0 Å². The average Bonchev–Trinajstić information content (AvgIpc) is 2.61. The third kappa shape index (κ3) is 7.54. The standard InChI is InChI=1S/C18H26BN2O4/c1-4-9-24-15-7-5-14(6-8-15)10-16(19-25-12-20)18(23)21-17(11-22)13(2)3/h4-8,11,13,16-17H,1,9-10,12,20H2,2-3H3,(H,21,23)/t16-,17+/m0/s1. The smallest absolute Gasteiger partial charge is 0.307 e. The van der Waals surface area contributed by atoms with Crippen molar-refractivity contribution >= 4 is 19.7 Å². The van der Waals surface area contributed by atoms with E-state index in [-0.39, 0.29) is 18.6 Å². The van der Waals surface area contributed by atoms with Crippen LogP contribution in [0.1, 0.15) is 19.4 Å². The Bertz CT molecular complexity index is 549. The first kappa shape index (κ1) is 20.9. The highest BCUT2D eigenvalue weighted by Gasteiger charge is 2.25. The van der Waals surface area contributed by atoms with Crippen molar-refractivity contribution in [3.63, 3.8) is 0 Å². The fourth-order valence-corrected chi connectivity index (χ4v) is 2.13. The van der Waals surface area contributed by atoms with Crippen LogP contribution in [-0.2, 0) is 20.7 Å². The number of amides is 1. The zero-order valence-corrected chi connectivity index (χ0v) is 14.8. The van der Waals surface area contributed by atoms with Crippen molar-refractivity contribution < 1.29 is 19.0 Å². The second-order valence-electron chi connectivity index (χ2n) is 5.94. The van der Waals surface area contributed by atoms with E-state index in [2.05, 4.69) is 11.9 Å². The van der Waals surface area contributed by atoms with E-state index in [9.17, 15) is 9.59 Å². The van der Waals surface area contributed by atoms with E-state index >= 15 is 0 Å². The topological polar surface area (TPSA) is 90.7 Å². The predicted molar refractivity (Wildman–Crippen MR) is 98.3 cm³/mol. The average molecular weight is 345 g/mol. The predicted octanol–water partition coefficient (Wildman–Crippen LogP) is 1.47. The fourth-order valence-electron chi connectivity index (χ4n) is 2.13. The molecule has 7 heteroatoms. The van der Waals surface area contributed by atoms with Gasteiger partial charge >= 0.3 is 7.48 Å². The number of rotatable bonds is 12. The highest BCUT2D eigenvalue weighted by molar-refractivity contribution is 6.37. The monoisotopic (exact) mass is 345 g/mol. The van der Waals surface area contributed by atoms with Gasteiger partial charge in [-0.2, -0.15) is 0 Å². The van der Waals surface area contributed by atoms with E-state index in [4.69, 9.17) is 15.1 Å². The summed E-state index contributed by atoms with van der Waals surface area (Å²) in [6, 6.07) is 6.90. The Kier molecular flexibility index (Phi) is 9.58. The van der Waals surface area contributed by atoms with Crippen molar-refractivity contribution in [2.75, 3.05) is 13.3 Å². The van der Waals surface area contributed by atoms with Gasteiger partial charge in [0.2, 0.25) is 5.91 Å². The molecule has 2 atom stereocenters. The molecule has 0 unspecified atom stereocenters. The molecule has 25 heavy (non-hydrogen) atoms. The quantitative estimate of drug-likeness (QED) is 0.259. The molecule has 6 nitrogen and oxygen atoms in total. The molecule has 0 fully saturated rings. The van der Waals surface area contributed by atoms with Gasteiger partial charge in [-0.3, -0.25) is 4.79 Å². The molecular formula is C18H26BN2O4. The molecule has 0 saturated carbocycles. The summed E-state index contributed by atoms with van der Waals surface area (Å²) in [4.78, 5) is 23.6. The van der Waals surface area contributed by atoms with Crippen molar-refractivity contribution in [1.29, 1.82) is 0 Å². The number of hydrogen-bond donors (Lipinski definition) is 2. The van der Waals surface area contributed by atoms with Gasteiger partial charge in [0.15, 0.2) is 0 Å². The van der Waals surface area contributed by atoms with Crippen molar-refractivity contribution in [1.82, 2.24) is 5.32 Å². The summed E-state index contributed by atoms with van der Waals surface area (Å²) >= 11 is 0. The van der Waals surface area contributed by atoms with Crippen LogP contribution in [0.3, 0.4) is 0 Å². The molecule has 1 radical (unpaired) electrons. The molecule has 1 aromatic carbocycles. The van der Waals surface area contributed by atoms with Crippen LogP contribution in [0.4, 0.5) is 0 Å². The van der Waals surface area contributed by atoms with Gasteiger partial charge in [-0.1, -0.05) is 38.6 Å². The van der Waals surface area contributed by atoms with Gasteiger partial charge in [-0.15, -0.1) is 0 Å². The first-order valence-electron chi connectivity index (χ1n) is 8.25. The first-order chi connectivity index (χ1) is 12.0. The third-order valence-electron chi connectivity index (χ3n) is 3.61. The summed E-state index contributed by atoms with van der Waals surface area (Å²) < 4.78 is 10.5. The third-order valence-corrected chi connectivity index (χ3v) is 3.61. The molecule has 0 aromatic heterocycles. The lowest BCUT2D eigenvalue weighted by atomic mass is 9.75. The number of nitrogens with one attached hydrogen (secondary N) is 1. The van der Waals surface area contributed by atoms with Gasteiger partial charge in [0, 0.05) is 5.82 Å². The van der Waals surface area contributed by atoms with Crippen LogP contribution in [0, 0.1) is 5.92 Å². The molecule has 0 aliphatic heterocycles. The van der Waals surface area contributed by atoms with Crippen molar-refractivity contribution in [2.45, 2.75) is 32.1 Å². The van der Waals surface area contributed by atoms with Gasteiger partial charge in [0.1, 0.15) is 18.6 Å². The van der Waals surface area contributed by atoms with Gasteiger partial charge in [0.05, 0.1) is 12.8 Å². The fraction of sp³-hybridized carbons (Fsp3) is 0.444. The molecule has 3 N–H and O–H groups in total. The SMILES string of the molecule is C=CCOc1ccc(C[C@H]([B]OCN)C(=O)N[C@H](C=O)C(C)C)cc1. The van der Waals surface area contributed by atoms with Gasteiger partial charge in [-0.25, -0.2) is 0 Å². The summed E-state index contributed by atoms with van der Waals surface area (Å²) in [5, 5.41) is 2.74. The van der Waals surface area contributed by atoms with Crippen molar-refractivity contribution in [2.24, 2.45) is 11.7 Å². The molecule has 0 aliphatic carbocycles. The summed E-state index contributed by atoms with van der Waals surface area (Å²) in [5.41, 5.74) is 6.29. The van der Waals surface area contributed by atoms with Crippen molar-refractivity contribution in [3.05, 3.63) is 42.5 Å². The lowest BCUT2D eigenvalue weighted by Crippen LogP contribution is -2.43. The van der Waals surface area contributed by atoms with Crippen molar-refractivity contribution in [3.8, 4) is 5.75 Å². The first-order valence-corrected chi connectivity index (χ1v) is 8.25. The maximum atomic E-state index is 12.5. The molecule has 0 saturated heterocycles. The maximum absolute atomic E-state index is 12.5. The highest BCUT2D eigenvalue weighted by atomic mass is 16.5. The summed E-state index contributed by atoms with van der Waals surface area (Å²) in [6.07, 6.45) is 2.85. The molecular weight excluding hydrogens is 319 g/mol. The molecule has 0 bridgehead atoms. The summed E-state index contributed by atoms with van der Waals surface area (Å²) in [7, 11) is 1.42. The normalized spacial score (nSPS) is 13.0. The highest BCUT2D eigenvalue weighted by Crippen LogP contribution is 2.18. The molecule has 1 rings (SSSR count). The van der Waals surface area contributed by atoms with E-state index in [1.54, 1.807) is 6.08 Å². The Balaban J connectivity index is 2.75. The Morgan fingerprint density at radius 3 is 2.56 bits per heavy atom. The van der Waals surface area contributed by atoms with E-state index in [1.807, 2.05) is 38.1 Å². The number of aldehydes is 1. The van der Waals surface area contributed by atoms with Crippen LogP contribution in [0.5, 0.6) is 5.75 Å². The lowest BCUT2D eigenvalue weighted by molar-refractivity contribution is -0.124. The van der Waals surface area contributed by atoms with Crippen LogP contribution in [0.25, 0.3) is 0 Å². The van der Waals surface area contributed by atoms with Crippen LogP contribution < -0.4 is 15.8 Å². The number of ether oxygens (including phenoxy) is 1. The minimum Gasteiger partial charge on any atom is -0.490 e. The molecule has 135 valence electrons. The summed E-state index contributed by atoms with van der Waals surface area (Å²) in [5.74, 6) is -0.0811. The zero-order chi connectivity index (χ0) is 18.7. The largest absolute Gasteiger partial charge is 0.490 e. The molecule has 1 aromatic rings. The maximum Gasteiger partial charge on any atom is 0.307 e. The van der Waals surface area contributed by atoms with Crippen LogP contribution in [0.2, 0.25) is 5.82 Å². The minimum absolute atomic E-state index is 0.0128. The Morgan fingerprint density at radius 1 is 1.36 bits per heavy atom. The van der Waals surface area contributed by atoms with Gasteiger partial charge < -0.3 is 25.2 Å². The molecule has 0 heterocycles. The van der Waals surface area contributed by atoms with E-state index in [1.165, 1.54) is 7.48 Å². The lowest BCUT2D eigenvalue weighted by Gasteiger charge is -2.21. The number of carbonyl (C=O) groups is 2. The Morgan fingerprint density at radius 2 is 2.04 bits per heavy atom. The van der Waals surface area contributed by atoms with E-state index in [0.717, 1.165) is 17.6 Å².